The number of nitrogen functional groups attached to an aromatic ring is 1. The van der Waals surface area contributed by atoms with Crippen molar-refractivity contribution in [2.24, 2.45) is 0 Å². The van der Waals surface area contributed by atoms with Gasteiger partial charge in [-0.1, -0.05) is 11.2 Å². The van der Waals surface area contributed by atoms with E-state index in [2.05, 4.69) is 15.0 Å². The minimum Gasteiger partial charge on any atom is -0.463 e. The summed E-state index contributed by atoms with van der Waals surface area (Å²) in [7, 11) is 1.75. The van der Waals surface area contributed by atoms with E-state index in [4.69, 9.17) is 19.4 Å². The average molecular weight is 356 g/mol. The lowest BCUT2D eigenvalue weighted by Crippen LogP contribution is -2.34. The fourth-order valence-corrected chi connectivity index (χ4v) is 3.63. The van der Waals surface area contributed by atoms with Gasteiger partial charge in [0.1, 0.15) is 11.8 Å². The maximum Gasteiger partial charge on any atom is 0.261 e. The molecule has 0 bridgehead atoms. The summed E-state index contributed by atoms with van der Waals surface area (Å²) in [6.07, 6.45) is 4.79. The first kappa shape index (κ1) is 17.1. The molecule has 0 atom stereocenters. The molecule has 138 valence electrons. The van der Waals surface area contributed by atoms with Gasteiger partial charge in [0.05, 0.1) is 10.9 Å². The smallest absolute Gasteiger partial charge is 0.261 e. The summed E-state index contributed by atoms with van der Waals surface area (Å²) < 4.78 is 16.2. The van der Waals surface area contributed by atoms with Crippen LogP contribution in [0, 0.1) is 0 Å². The first-order valence-electron chi connectivity index (χ1n) is 9.07. The number of methoxy groups -OCH3 is 1. The van der Waals surface area contributed by atoms with E-state index in [0.29, 0.717) is 17.5 Å². The number of hydrogen-bond acceptors (Lipinski definition) is 7. The summed E-state index contributed by atoms with van der Waals surface area (Å²) in [5, 5.41) is 5.05. The summed E-state index contributed by atoms with van der Waals surface area (Å²) in [4.78, 5) is 7.11. The Morgan fingerprint density at radius 2 is 2.15 bits per heavy atom. The lowest BCUT2D eigenvalue weighted by molar-refractivity contribution is 0.156. The Kier molecular flexibility index (Phi) is 4.90. The third kappa shape index (κ3) is 3.32. The van der Waals surface area contributed by atoms with E-state index in [-0.39, 0.29) is 0 Å². The van der Waals surface area contributed by atoms with Crippen LogP contribution in [0.4, 0.5) is 5.69 Å². The molecule has 7 heteroatoms. The third-order valence-electron chi connectivity index (χ3n) is 5.08. The van der Waals surface area contributed by atoms with Crippen LogP contribution in [-0.4, -0.2) is 48.4 Å². The number of fused-ring (bicyclic) bond motifs is 1. The first-order chi connectivity index (χ1) is 12.8. The maximum absolute atomic E-state index is 6.09. The van der Waals surface area contributed by atoms with Crippen molar-refractivity contribution in [1.82, 2.24) is 15.0 Å². The summed E-state index contributed by atoms with van der Waals surface area (Å²) in [5.74, 6) is 1.58. The summed E-state index contributed by atoms with van der Waals surface area (Å²) in [5.41, 5.74) is 8.22. The van der Waals surface area contributed by atoms with Gasteiger partial charge in [0.2, 0.25) is 0 Å². The zero-order chi connectivity index (χ0) is 17.9. The van der Waals surface area contributed by atoms with Crippen LogP contribution in [0.3, 0.4) is 0 Å². The predicted molar refractivity (Wildman–Crippen MR) is 98.8 cm³/mol. The van der Waals surface area contributed by atoms with Crippen molar-refractivity contribution in [1.29, 1.82) is 0 Å². The van der Waals surface area contributed by atoms with Gasteiger partial charge in [-0.3, -0.25) is 0 Å². The Bertz CT molecular complexity index is 865. The van der Waals surface area contributed by atoms with Gasteiger partial charge in [0, 0.05) is 31.9 Å². The molecule has 3 heterocycles. The van der Waals surface area contributed by atoms with Gasteiger partial charge in [0.15, 0.2) is 5.82 Å². The molecule has 1 aliphatic heterocycles. The molecule has 0 unspecified atom stereocenters. The van der Waals surface area contributed by atoms with Crippen LogP contribution in [0.1, 0.15) is 31.0 Å². The molecule has 0 amide bonds. The number of aromatic nitrogens is 2. The molecular formula is C19H24N4O3. The van der Waals surface area contributed by atoms with Crippen molar-refractivity contribution in [2.75, 3.05) is 39.1 Å². The summed E-state index contributed by atoms with van der Waals surface area (Å²) in [6, 6.07) is 5.59. The minimum atomic E-state index is 0.335. The molecule has 0 spiro atoms. The number of hydrogen-bond donors (Lipinski definition) is 1. The van der Waals surface area contributed by atoms with E-state index in [1.54, 1.807) is 13.4 Å². The Labute approximate surface area is 152 Å². The zero-order valence-electron chi connectivity index (χ0n) is 15.0. The normalized spacial score (nSPS) is 16.5. The number of furan rings is 1. The number of anilines is 1. The molecule has 4 rings (SSSR count). The second kappa shape index (κ2) is 7.47. The van der Waals surface area contributed by atoms with E-state index in [1.807, 2.05) is 18.2 Å². The van der Waals surface area contributed by atoms with Gasteiger partial charge in [-0.05, 0) is 44.5 Å². The molecule has 1 aromatic carbocycles. The molecule has 0 radical (unpaired) electrons. The average Bonchev–Trinajstić information content (AvgIpc) is 3.30. The van der Waals surface area contributed by atoms with Crippen molar-refractivity contribution in [3.05, 3.63) is 30.3 Å². The third-order valence-corrected chi connectivity index (χ3v) is 5.08. The van der Waals surface area contributed by atoms with Gasteiger partial charge < -0.3 is 24.3 Å². The topological polar surface area (TPSA) is 90.5 Å². The van der Waals surface area contributed by atoms with E-state index in [9.17, 15) is 0 Å². The highest BCUT2D eigenvalue weighted by molar-refractivity contribution is 6.00. The van der Waals surface area contributed by atoms with E-state index in [0.717, 1.165) is 67.9 Å². The lowest BCUT2D eigenvalue weighted by Gasteiger charge is -2.30. The molecule has 1 saturated heterocycles. The van der Waals surface area contributed by atoms with Crippen LogP contribution >= 0.6 is 0 Å². The quantitative estimate of drug-likeness (QED) is 0.535. The summed E-state index contributed by atoms with van der Waals surface area (Å²) >= 11 is 0. The number of nitrogens with two attached hydrogens (primary N) is 1. The van der Waals surface area contributed by atoms with Crippen LogP contribution in [0.2, 0.25) is 0 Å². The monoisotopic (exact) mass is 356 g/mol. The molecule has 2 aromatic heterocycles. The van der Waals surface area contributed by atoms with E-state index in [1.165, 1.54) is 0 Å². The Hall–Kier alpha value is -2.38. The highest BCUT2D eigenvalue weighted by atomic mass is 16.5. The molecule has 1 fully saturated rings. The Morgan fingerprint density at radius 3 is 2.96 bits per heavy atom. The zero-order valence-corrected chi connectivity index (χ0v) is 15.0. The molecule has 7 nitrogen and oxygen atoms in total. The second-order valence-electron chi connectivity index (χ2n) is 6.79. The fourth-order valence-electron chi connectivity index (χ4n) is 3.63. The van der Waals surface area contributed by atoms with E-state index >= 15 is 0 Å². The minimum absolute atomic E-state index is 0.335. The van der Waals surface area contributed by atoms with Gasteiger partial charge in [-0.15, -0.1) is 0 Å². The molecule has 0 aliphatic carbocycles. The summed E-state index contributed by atoms with van der Waals surface area (Å²) in [6.45, 7) is 4.01. The lowest BCUT2D eigenvalue weighted by atomic mass is 9.96. The number of likely N-dealkylation sites (tertiary alicyclic amines) is 1. The van der Waals surface area contributed by atoms with Gasteiger partial charge >= 0.3 is 0 Å². The molecule has 26 heavy (non-hydrogen) atoms. The van der Waals surface area contributed by atoms with Gasteiger partial charge in [0.25, 0.3) is 5.89 Å². The first-order valence-corrected chi connectivity index (χ1v) is 9.07. The number of ether oxygens (including phenoxy) is 1. The number of nitrogens with zero attached hydrogens (tertiary/aromatic N) is 3. The van der Waals surface area contributed by atoms with Gasteiger partial charge in [-0.2, -0.15) is 4.98 Å². The van der Waals surface area contributed by atoms with Crippen molar-refractivity contribution >= 4 is 16.7 Å². The van der Waals surface area contributed by atoms with Crippen LogP contribution < -0.4 is 5.73 Å². The largest absolute Gasteiger partial charge is 0.463 e. The highest BCUT2D eigenvalue weighted by Crippen LogP contribution is 2.35. The maximum atomic E-state index is 6.09. The van der Waals surface area contributed by atoms with Crippen LogP contribution in [0.25, 0.3) is 22.4 Å². The molecule has 3 aromatic rings. The molecule has 2 N–H and O–H groups in total. The van der Waals surface area contributed by atoms with Gasteiger partial charge in [-0.25, -0.2) is 0 Å². The SMILES string of the molecule is COCCCN1CCC(c2noc(-c3coc4cccc(N)c34)n2)CC1. The molecule has 0 saturated carbocycles. The van der Waals surface area contributed by atoms with Crippen LogP contribution in [0.15, 0.2) is 33.4 Å². The predicted octanol–water partition coefficient (Wildman–Crippen LogP) is 3.28. The van der Waals surface area contributed by atoms with E-state index < -0.39 is 0 Å². The van der Waals surface area contributed by atoms with Crippen LogP contribution in [0.5, 0.6) is 0 Å². The Morgan fingerprint density at radius 1 is 1.31 bits per heavy atom. The second-order valence-corrected chi connectivity index (χ2v) is 6.79. The fraction of sp³-hybridized carbons (Fsp3) is 0.474. The molecule has 1 aliphatic rings. The van der Waals surface area contributed by atoms with Crippen LogP contribution in [-0.2, 0) is 4.74 Å². The van der Waals surface area contributed by atoms with Crippen molar-refractivity contribution in [3.8, 4) is 11.5 Å². The van der Waals surface area contributed by atoms with Crippen molar-refractivity contribution < 1.29 is 13.7 Å². The highest BCUT2D eigenvalue weighted by Gasteiger charge is 2.25. The Balaban J connectivity index is 1.45. The number of piperidine rings is 1. The standard InChI is InChI=1S/C19H24N4O3/c1-24-11-3-8-23-9-6-13(7-10-23)18-21-19(26-22-18)14-12-25-16-5-2-4-15(20)17(14)16/h2,4-5,12-13H,3,6-11,20H2,1H3. The molecular weight excluding hydrogens is 332 g/mol. The number of benzene rings is 1. The van der Waals surface area contributed by atoms with Crippen molar-refractivity contribution in [2.45, 2.75) is 25.2 Å². The number of rotatable bonds is 6. The van der Waals surface area contributed by atoms with Crippen molar-refractivity contribution in [3.63, 3.8) is 0 Å².